The predicted molar refractivity (Wildman–Crippen MR) is 105 cm³/mol. The third-order valence-electron chi connectivity index (χ3n) is 4.70. The van der Waals surface area contributed by atoms with Gasteiger partial charge in [-0.3, -0.25) is 4.79 Å². The van der Waals surface area contributed by atoms with Gasteiger partial charge in [0.15, 0.2) is 0 Å². The van der Waals surface area contributed by atoms with E-state index in [4.69, 9.17) is 23.2 Å². The molecule has 2 bridgehead atoms. The number of benzene rings is 1. The molecule has 2 aromatic rings. The summed E-state index contributed by atoms with van der Waals surface area (Å²) in [4.78, 5) is 19.2. The van der Waals surface area contributed by atoms with E-state index in [0.717, 1.165) is 36.5 Å². The number of nitrogens with one attached hydrogen (secondary N) is 1. The van der Waals surface area contributed by atoms with Crippen molar-refractivity contribution in [3.05, 3.63) is 39.3 Å². The highest BCUT2D eigenvalue weighted by Crippen LogP contribution is 2.31. The Morgan fingerprint density at radius 3 is 2.80 bits per heavy atom. The minimum absolute atomic E-state index is 0. The molecule has 1 aromatic carbocycles. The van der Waals surface area contributed by atoms with Crippen molar-refractivity contribution in [2.75, 3.05) is 13.1 Å². The number of nitrogens with zero attached hydrogens (tertiary/aromatic N) is 2. The first kappa shape index (κ1) is 18.9. The highest BCUT2D eigenvalue weighted by Gasteiger charge is 2.32. The molecule has 2 fully saturated rings. The number of hydrogen-bond acceptors (Lipinski definition) is 4. The van der Waals surface area contributed by atoms with E-state index in [1.165, 1.54) is 17.8 Å². The van der Waals surface area contributed by atoms with Gasteiger partial charge in [-0.2, -0.15) is 0 Å². The molecule has 2 unspecified atom stereocenters. The Morgan fingerprint density at radius 2 is 2.00 bits per heavy atom. The molecule has 3 heterocycles. The van der Waals surface area contributed by atoms with Gasteiger partial charge in [-0.05, 0) is 31.4 Å². The van der Waals surface area contributed by atoms with Crippen LogP contribution in [0.3, 0.4) is 0 Å². The van der Waals surface area contributed by atoms with Gasteiger partial charge in [-0.15, -0.1) is 23.7 Å². The van der Waals surface area contributed by atoms with Crippen LogP contribution in [0.4, 0.5) is 0 Å². The van der Waals surface area contributed by atoms with Gasteiger partial charge in [-0.25, -0.2) is 4.98 Å². The van der Waals surface area contributed by atoms with E-state index in [1.54, 1.807) is 12.1 Å². The highest BCUT2D eigenvalue weighted by atomic mass is 35.5. The fraction of sp³-hybridized carbons (Fsp3) is 0.412. The summed E-state index contributed by atoms with van der Waals surface area (Å²) < 4.78 is 0. The lowest BCUT2D eigenvalue weighted by atomic mass is 10.1. The zero-order valence-corrected chi connectivity index (χ0v) is 16.5. The van der Waals surface area contributed by atoms with E-state index >= 15 is 0 Å². The molecule has 8 heteroatoms. The molecule has 0 radical (unpaired) electrons. The quantitative estimate of drug-likeness (QED) is 0.780. The smallest absolute Gasteiger partial charge is 0.273 e. The van der Waals surface area contributed by atoms with Crippen LogP contribution in [0.15, 0.2) is 23.6 Å². The Kier molecular flexibility index (Phi) is 5.91. The zero-order chi connectivity index (χ0) is 16.7. The lowest BCUT2D eigenvalue weighted by Gasteiger charge is -2.23. The van der Waals surface area contributed by atoms with Crippen LogP contribution in [0.5, 0.6) is 0 Å². The number of fused-ring (bicyclic) bond motifs is 2. The van der Waals surface area contributed by atoms with E-state index in [9.17, 15) is 4.79 Å². The molecule has 4 nitrogen and oxygen atoms in total. The number of aromatic nitrogens is 1. The van der Waals surface area contributed by atoms with Gasteiger partial charge in [0.2, 0.25) is 0 Å². The van der Waals surface area contributed by atoms with Crippen LogP contribution < -0.4 is 5.32 Å². The Bertz CT molecular complexity index is 782. The number of amides is 1. The van der Waals surface area contributed by atoms with Crippen molar-refractivity contribution < 1.29 is 4.79 Å². The Morgan fingerprint density at radius 1 is 1.20 bits per heavy atom. The number of likely N-dealkylation sites (tertiary alicyclic amines) is 1. The molecule has 0 spiro atoms. The van der Waals surface area contributed by atoms with Gasteiger partial charge < -0.3 is 10.2 Å². The first-order valence-corrected chi connectivity index (χ1v) is 9.70. The Balaban J connectivity index is 0.00000182. The summed E-state index contributed by atoms with van der Waals surface area (Å²) in [6.45, 7) is 1.57. The molecule has 4 rings (SSSR count). The van der Waals surface area contributed by atoms with Crippen LogP contribution in [0.1, 0.15) is 29.8 Å². The first-order valence-electron chi connectivity index (χ1n) is 8.06. The van der Waals surface area contributed by atoms with Gasteiger partial charge in [0.1, 0.15) is 10.7 Å². The largest absolute Gasteiger partial charge is 0.336 e. The van der Waals surface area contributed by atoms with Gasteiger partial charge in [0.25, 0.3) is 5.91 Å². The fourth-order valence-corrected chi connectivity index (χ4v) is 4.51. The molecular formula is C17H18Cl3N3OS. The summed E-state index contributed by atoms with van der Waals surface area (Å²) in [5.74, 6) is 0.0203. The molecule has 1 N–H and O–H groups in total. The van der Waals surface area contributed by atoms with Crippen molar-refractivity contribution in [2.45, 2.75) is 31.3 Å². The first-order chi connectivity index (χ1) is 11.6. The van der Waals surface area contributed by atoms with Crippen molar-refractivity contribution in [3.63, 3.8) is 0 Å². The Hall–Kier alpha value is -0.850. The minimum Gasteiger partial charge on any atom is -0.336 e. The normalized spacial score (nSPS) is 22.4. The Labute approximate surface area is 166 Å². The van der Waals surface area contributed by atoms with Gasteiger partial charge in [0.05, 0.1) is 10.0 Å². The van der Waals surface area contributed by atoms with E-state index in [1.807, 2.05) is 16.3 Å². The molecule has 25 heavy (non-hydrogen) atoms. The topological polar surface area (TPSA) is 45.2 Å². The number of rotatable bonds is 2. The maximum Gasteiger partial charge on any atom is 0.273 e. The molecule has 2 saturated heterocycles. The van der Waals surface area contributed by atoms with Crippen molar-refractivity contribution in [1.29, 1.82) is 0 Å². The fourth-order valence-electron chi connectivity index (χ4n) is 3.42. The summed E-state index contributed by atoms with van der Waals surface area (Å²) in [5, 5.41) is 7.21. The monoisotopic (exact) mass is 417 g/mol. The van der Waals surface area contributed by atoms with Crippen molar-refractivity contribution in [3.8, 4) is 10.6 Å². The number of carbonyl (C=O) groups excluding carboxylic acids is 1. The van der Waals surface area contributed by atoms with Crippen LogP contribution in [0, 0.1) is 0 Å². The second-order valence-electron chi connectivity index (χ2n) is 6.34. The highest BCUT2D eigenvalue weighted by molar-refractivity contribution is 7.13. The minimum atomic E-state index is 0. The number of thiazole rings is 1. The molecule has 134 valence electrons. The molecule has 1 aromatic heterocycles. The summed E-state index contributed by atoms with van der Waals surface area (Å²) >= 11 is 13.5. The van der Waals surface area contributed by atoms with Crippen molar-refractivity contribution >= 4 is 52.9 Å². The molecule has 0 aliphatic carbocycles. The maximum atomic E-state index is 12.8. The number of hydrogen-bond donors (Lipinski definition) is 1. The third-order valence-corrected chi connectivity index (χ3v) is 6.33. The van der Waals surface area contributed by atoms with Crippen LogP contribution >= 0.6 is 46.9 Å². The third kappa shape index (κ3) is 3.96. The summed E-state index contributed by atoms with van der Waals surface area (Å²) in [6, 6.07) is 6.39. The summed E-state index contributed by atoms with van der Waals surface area (Å²) in [7, 11) is 0. The number of halogens is 3. The molecule has 2 aliphatic heterocycles. The van der Waals surface area contributed by atoms with Crippen LogP contribution in [0.25, 0.3) is 10.6 Å². The van der Waals surface area contributed by atoms with Crippen LogP contribution in [-0.2, 0) is 0 Å². The lowest BCUT2D eigenvalue weighted by Crippen LogP contribution is -2.39. The molecular weight excluding hydrogens is 401 g/mol. The zero-order valence-electron chi connectivity index (χ0n) is 13.4. The van der Waals surface area contributed by atoms with Crippen molar-refractivity contribution in [1.82, 2.24) is 15.2 Å². The maximum absolute atomic E-state index is 12.8. The average Bonchev–Trinajstić information content (AvgIpc) is 3.16. The van der Waals surface area contributed by atoms with Crippen molar-refractivity contribution in [2.24, 2.45) is 0 Å². The molecule has 2 aliphatic rings. The van der Waals surface area contributed by atoms with E-state index in [0.29, 0.717) is 27.8 Å². The summed E-state index contributed by atoms with van der Waals surface area (Å²) in [5.41, 5.74) is 1.39. The number of carbonyl (C=O) groups is 1. The van der Waals surface area contributed by atoms with Crippen LogP contribution in [0.2, 0.25) is 10.0 Å². The average molecular weight is 419 g/mol. The standard InChI is InChI=1S/C17H17Cl2N3OS.ClH/c18-13-4-1-10(7-14(13)19)16-21-15(9-24-16)17(23)22-6-5-11-2-3-12(8-22)20-11;/h1,4,7,9,11-12,20H,2-3,5-6,8H2;1H. The molecule has 0 saturated carbocycles. The predicted octanol–water partition coefficient (Wildman–Crippen LogP) is 4.51. The van der Waals surface area contributed by atoms with Gasteiger partial charge in [0, 0.05) is 36.1 Å². The van der Waals surface area contributed by atoms with Crippen LogP contribution in [-0.4, -0.2) is 41.0 Å². The van der Waals surface area contributed by atoms with E-state index in [-0.39, 0.29) is 18.3 Å². The van der Waals surface area contributed by atoms with Gasteiger partial charge >= 0.3 is 0 Å². The molecule has 1 amide bonds. The second-order valence-corrected chi connectivity index (χ2v) is 8.02. The lowest BCUT2D eigenvalue weighted by molar-refractivity contribution is 0.0743. The SMILES string of the molecule is Cl.O=C(c1csc(-c2ccc(Cl)c(Cl)c2)n1)N1CCC2CCC(C1)N2. The molecule has 2 atom stereocenters. The second kappa shape index (κ2) is 7.80. The summed E-state index contributed by atoms with van der Waals surface area (Å²) in [6.07, 6.45) is 3.40. The van der Waals surface area contributed by atoms with E-state index in [2.05, 4.69) is 10.3 Å². The van der Waals surface area contributed by atoms with E-state index < -0.39 is 0 Å². The van der Waals surface area contributed by atoms with Gasteiger partial charge in [-0.1, -0.05) is 29.3 Å².